The van der Waals surface area contributed by atoms with Gasteiger partial charge in [-0.3, -0.25) is 4.40 Å². The van der Waals surface area contributed by atoms with E-state index in [-0.39, 0.29) is 4.90 Å². The summed E-state index contributed by atoms with van der Waals surface area (Å²) in [6.07, 6.45) is -2.67. The Labute approximate surface area is 192 Å². The second-order valence-electron chi connectivity index (χ2n) is 7.53. The summed E-state index contributed by atoms with van der Waals surface area (Å²) in [6.45, 7) is 2.67. The highest BCUT2D eigenvalue weighted by Gasteiger charge is 2.31. The van der Waals surface area contributed by atoms with Crippen molar-refractivity contribution >= 4 is 38.5 Å². The van der Waals surface area contributed by atoms with E-state index in [1.807, 2.05) is 11.5 Å². The zero-order chi connectivity index (χ0) is 24.0. The van der Waals surface area contributed by atoms with Crippen LogP contribution in [0, 0.1) is 0 Å². The maximum atomic E-state index is 13.1. The lowest BCUT2D eigenvalue weighted by molar-refractivity contribution is -0.137. The van der Waals surface area contributed by atoms with Crippen LogP contribution in [-0.2, 0) is 28.5 Å². The fraction of sp³-hybridized carbons (Fsp3) is 0.350. The topological polar surface area (TPSA) is 85.4 Å². The first-order valence-corrected chi connectivity index (χ1v) is 12.4. The maximum absolute atomic E-state index is 13.1. The van der Waals surface area contributed by atoms with E-state index in [0.29, 0.717) is 34.4 Å². The van der Waals surface area contributed by atoms with Gasteiger partial charge in [-0.05, 0) is 36.8 Å². The van der Waals surface area contributed by atoms with E-state index < -0.39 is 21.8 Å². The SMILES string of the molecule is CCCn1c(CSc2nnc3ccc(C(F)(F)F)cn23)nc2cc(S(=O)(=O)N(C)C)ccc21. The molecule has 3 heterocycles. The summed E-state index contributed by atoms with van der Waals surface area (Å²) in [6, 6.07) is 7.06. The molecule has 13 heteroatoms. The Morgan fingerprint density at radius 2 is 1.88 bits per heavy atom. The second-order valence-corrected chi connectivity index (χ2v) is 10.6. The van der Waals surface area contributed by atoms with Crippen molar-refractivity contribution in [1.82, 2.24) is 28.5 Å². The average molecular weight is 499 g/mol. The quantitative estimate of drug-likeness (QED) is 0.358. The van der Waals surface area contributed by atoms with Crippen molar-refractivity contribution in [3.63, 3.8) is 0 Å². The lowest BCUT2D eigenvalue weighted by atomic mass is 10.3. The average Bonchev–Trinajstić information content (AvgIpc) is 3.32. The van der Waals surface area contributed by atoms with Crippen LogP contribution < -0.4 is 0 Å². The van der Waals surface area contributed by atoms with Gasteiger partial charge in [0, 0.05) is 26.8 Å². The van der Waals surface area contributed by atoms with Crippen LogP contribution in [0.4, 0.5) is 13.2 Å². The highest BCUT2D eigenvalue weighted by molar-refractivity contribution is 7.98. The number of thioether (sulfide) groups is 1. The van der Waals surface area contributed by atoms with Gasteiger partial charge in [-0.1, -0.05) is 18.7 Å². The molecule has 1 aromatic carbocycles. The fourth-order valence-corrected chi connectivity index (χ4v) is 5.16. The second kappa shape index (κ2) is 8.61. The minimum atomic E-state index is -4.47. The minimum Gasteiger partial charge on any atom is -0.327 e. The van der Waals surface area contributed by atoms with Crippen LogP contribution in [0.2, 0.25) is 0 Å². The van der Waals surface area contributed by atoms with Gasteiger partial charge in [0.25, 0.3) is 0 Å². The number of rotatable bonds is 7. The Morgan fingerprint density at radius 3 is 2.55 bits per heavy atom. The number of hydrogen-bond donors (Lipinski definition) is 0. The number of halogens is 3. The third-order valence-corrected chi connectivity index (χ3v) is 7.80. The number of aryl methyl sites for hydroxylation is 1. The Morgan fingerprint density at radius 1 is 1.12 bits per heavy atom. The van der Waals surface area contributed by atoms with Gasteiger partial charge in [-0.25, -0.2) is 17.7 Å². The molecule has 0 radical (unpaired) electrons. The van der Waals surface area contributed by atoms with E-state index in [9.17, 15) is 21.6 Å². The van der Waals surface area contributed by atoms with E-state index in [1.165, 1.54) is 42.4 Å². The summed E-state index contributed by atoms with van der Waals surface area (Å²) in [7, 11) is -0.682. The highest BCUT2D eigenvalue weighted by Crippen LogP contribution is 2.31. The molecule has 4 rings (SSSR count). The van der Waals surface area contributed by atoms with Crippen molar-refractivity contribution in [1.29, 1.82) is 0 Å². The van der Waals surface area contributed by atoms with Crippen LogP contribution >= 0.6 is 11.8 Å². The largest absolute Gasteiger partial charge is 0.417 e. The Hall–Kier alpha value is -2.64. The number of alkyl halides is 3. The van der Waals surface area contributed by atoms with Gasteiger partial charge in [0.15, 0.2) is 10.8 Å². The summed E-state index contributed by atoms with van der Waals surface area (Å²) in [5, 5.41) is 8.26. The van der Waals surface area contributed by atoms with E-state index in [2.05, 4.69) is 15.2 Å². The van der Waals surface area contributed by atoms with E-state index in [1.54, 1.807) is 12.1 Å². The molecule has 0 aliphatic rings. The molecule has 0 amide bonds. The van der Waals surface area contributed by atoms with Crippen molar-refractivity contribution in [2.24, 2.45) is 0 Å². The number of nitrogens with zero attached hydrogens (tertiary/aromatic N) is 6. The van der Waals surface area contributed by atoms with Crippen molar-refractivity contribution < 1.29 is 21.6 Å². The van der Waals surface area contributed by atoms with E-state index >= 15 is 0 Å². The first kappa shape index (κ1) is 23.5. The fourth-order valence-electron chi connectivity index (χ4n) is 3.38. The number of imidazole rings is 1. The predicted octanol–water partition coefficient (Wildman–Crippen LogP) is 4.05. The van der Waals surface area contributed by atoms with Crippen molar-refractivity contribution in [3.8, 4) is 0 Å². The molecule has 0 atom stereocenters. The molecule has 0 aliphatic heterocycles. The number of fused-ring (bicyclic) bond motifs is 2. The van der Waals surface area contributed by atoms with E-state index in [0.717, 1.165) is 28.5 Å². The number of sulfonamides is 1. The monoisotopic (exact) mass is 498 g/mol. The number of benzene rings is 1. The zero-order valence-corrected chi connectivity index (χ0v) is 19.7. The van der Waals surface area contributed by atoms with Crippen LogP contribution in [0.5, 0.6) is 0 Å². The Kier molecular flexibility index (Phi) is 6.14. The van der Waals surface area contributed by atoms with Gasteiger partial charge in [0.1, 0.15) is 5.82 Å². The van der Waals surface area contributed by atoms with Crippen molar-refractivity contribution in [3.05, 3.63) is 47.9 Å². The summed E-state index contributed by atoms with van der Waals surface area (Å²) in [5.41, 5.74) is 0.846. The molecule has 3 aromatic heterocycles. The molecule has 0 aliphatic carbocycles. The first-order valence-electron chi connectivity index (χ1n) is 9.99. The van der Waals surface area contributed by atoms with Gasteiger partial charge >= 0.3 is 6.18 Å². The first-order chi connectivity index (χ1) is 15.5. The van der Waals surface area contributed by atoms with Crippen LogP contribution in [0.25, 0.3) is 16.7 Å². The molecule has 0 saturated heterocycles. The predicted molar refractivity (Wildman–Crippen MR) is 118 cm³/mol. The van der Waals surface area contributed by atoms with E-state index in [4.69, 9.17) is 0 Å². The number of pyridine rings is 1. The molecule has 176 valence electrons. The summed E-state index contributed by atoms with van der Waals surface area (Å²) < 4.78 is 68.7. The number of hydrogen-bond acceptors (Lipinski definition) is 6. The molecule has 8 nitrogen and oxygen atoms in total. The third kappa shape index (κ3) is 4.44. The normalized spacial score (nSPS) is 12.9. The molecule has 0 N–H and O–H groups in total. The summed E-state index contributed by atoms with van der Waals surface area (Å²) >= 11 is 1.21. The molecule has 33 heavy (non-hydrogen) atoms. The standard InChI is InChI=1S/C20H21F3N6O2S2/c1-4-9-28-16-7-6-14(33(30,31)27(2)3)10-15(16)24-18(28)12-32-19-26-25-17-8-5-13(11-29(17)19)20(21,22)23/h5-8,10-11H,4,9,12H2,1-3H3. The minimum absolute atomic E-state index is 0.142. The van der Waals surface area contributed by atoms with Crippen LogP contribution in [0.3, 0.4) is 0 Å². The van der Waals surface area contributed by atoms with Gasteiger partial charge in [0.05, 0.1) is 27.2 Å². The Bertz CT molecular complexity index is 1430. The molecule has 0 fully saturated rings. The van der Waals surface area contributed by atoms with Gasteiger partial charge in [-0.15, -0.1) is 10.2 Å². The lowest BCUT2D eigenvalue weighted by Crippen LogP contribution is -2.22. The summed E-state index contributed by atoms with van der Waals surface area (Å²) in [5.74, 6) is 0.988. The molecule has 0 saturated carbocycles. The van der Waals surface area contributed by atoms with Gasteiger partial charge in [-0.2, -0.15) is 13.2 Å². The smallest absolute Gasteiger partial charge is 0.327 e. The molecular formula is C20H21F3N6O2S2. The Balaban J connectivity index is 1.69. The van der Waals surface area contributed by atoms with Gasteiger partial charge in [0.2, 0.25) is 10.0 Å². The van der Waals surface area contributed by atoms with Crippen LogP contribution in [-0.4, -0.2) is 51.0 Å². The molecular weight excluding hydrogens is 477 g/mol. The van der Waals surface area contributed by atoms with Crippen LogP contribution in [0.1, 0.15) is 24.7 Å². The molecule has 0 spiro atoms. The van der Waals surface area contributed by atoms with Crippen LogP contribution in [0.15, 0.2) is 46.6 Å². The van der Waals surface area contributed by atoms with Crippen molar-refractivity contribution in [2.75, 3.05) is 14.1 Å². The van der Waals surface area contributed by atoms with Crippen molar-refractivity contribution in [2.45, 2.75) is 41.9 Å². The molecule has 0 bridgehead atoms. The molecule has 0 unspecified atom stereocenters. The maximum Gasteiger partial charge on any atom is 0.417 e. The third-order valence-electron chi connectivity index (χ3n) is 5.05. The molecule has 4 aromatic rings. The highest BCUT2D eigenvalue weighted by atomic mass is 32.2. The summed E-state index contributed by atoms with van der Waals surface area (Å²) in [4.78, 5) is 4.76. The number of aromatic nitrogens is 5. The zero-order valence-electron chi connectivity index (χ0n) is 18.0. The van der Waals surface area contributed by atoms with Gasteiger partial charge < -0.3 is 4.57 Å². The lowest BCUT2D eigenvalue weighted by Gasteiger charge is -2.11.